The molecule has 11 heavy (non-hydrogen) atoms. The van der Waals surface area contributed by atoms with Crippen LogP contribution in [0, 0.1) is 0 Å². The summed E-state index contributed by atoms with van der Waals surface area (Å²) in [4.78, 5) is 4.06. The molecular weight excluding hydrogens is 138 g/mol. The fourth-order valence-electron chi connectivity index (χ4n) is 1.30. The van der Waals surface area contributed by atoms with Crippen molar-refractivity contribution in [3.8, 4) is 0 Å². The predicted octanol–water partition coefficient (Wildman–Crippen LogP) is 0.273. The molecule has 2 rings (SSSR count). The van der Waals surface area contributed by atoms with E-state index >= 15 is 0 Å². The normalized spacial score (nSPS) is 23.8. The number of hydrogen-bond donors (Lipinski definition) is 2. The van der Waals surface area contributed by atoms with E-state index in [4.69, 9.17) is 0 Å². The standard InChI is InChI=1S/C8H11N3/c1-2-7(4-9-3-1)8-5-10-6-11-8/h1-4,8,10-11H,5-6H2. The summed E-state index contributed by atoms with van der Waals surface area (Å²) in [6.45, 7) is 1.91. The highest BCUT2D eigenvalue weighted by atomic mass is 15.2. The molecule has 1 atom stereocenters. The van der Waals surface area contributed by atoms with Crippen LogP contribution in [0.3, 0.4) is 0 Å². The van der Waals surface area contributed by atoms with Gasteiger partial charge in [0.1, 0.15) is 0 Å². The first-order valence-electron chi connectivity index (χ1n) is 3.81. The van der Waals surface area contributed by atoms with E-state index in [-0.39, 0.29) is 0 Å². The van der Waals surface area contributed by atoms with Gasteiger partial charge in [-0.1, -0.05) is 6.07 Å². The molecule has 58 valence electrons. The van der Waals surface area contributed by atoms with E-state index in [9.17, 15) is 0 Å². The molecule has 1 aromatic rings. The number of pyridine rings is 1. The lowest BCUT2D eigenvalue weighted by molar-refractivity contribution is 0.674. The molecule has 0 aromatic carbocycles. The Balaban J connectivity index is 2.16. The summed E-state index contributed by atoms with van der Waals surface area (Å²) < 4.78 is 0. The van der Waals surface area contributed by atoms with Gasteiger partial charge < -0.3 is 5.32 Å². The molecule has 1 fully saturated rings. The lowest BCUT2D eigenvalue weighted by atomic mass is 10.1. The second kappa shape index (κ2) is 2.98. The smallest absolute Gasteiger partial charge is 0.0472 e. The quantitative estimate of drug-likeness (QED) is 0.602. The maximum absolute atomic E-state index is 4.06. The van der Waals surface area contributed by atoms with Crippen molar-refractivity contribution in [2.24, 2.45) is 0 Å². The third-order valence-electron chi connectivity index (χ3n) is 1.91. The van der Waals surface area contributed by atoms with Gasteiger partial charge in [0.2, 0.25) is 0 Å². The summed E-state index contributed by atoms with van der Waals surface area (Å²) in [7, 11) is 0. The number of rotatable bonds is 1. The van der Waals surface area contributed by atoms with Crippen LogP contribution < -0.4 is 10.6 Å². The summed E-state index contributed by atoms with van der Waals surface area (Å²) in [5.74, 6) is 0. The second-order valence-corrected chi connectivity index (χ2v) is 2.67. The van der Waals surface area contributed by atoms with E-state index in [2.05, 4.69) is 21.7 Å². The summed E-state index contributed by atoms with van der Waals surface area (Å²) in [5, 5.41) is 6.55. The SMILES string of the molecule is c1cncc(C2CNCN2)c1. The summed E-state index contributed by atoms with van der Waals surface area (Å²) in [5.41, 5.74) is 1.26. The molecule has 0 bridgehead atoms. The van der Waals surface area contributed by atoms with E-state index in [1.807, 2.05) is 12.3 Å². The maximum Gasteiger partial charge on any atom is 0.0472 e. The molecule has 1 aromatic heterocycles. The highest BCUT2D eigenvalue weighted by molar-refractivity contribution is 5.15. The Bertz CT molecular complexity index is 216. The number of nitrogens with one attached hydrogen (secondary N) is 2. The largest absolute Gasteiger partial charge is 0.303 e. The molecule has 0 aliphatic carbocycles. The zero-order valence-electron chi connectivity index (χ0n) is 6.25. The van der Waals surface area contributed by atoms with Crippen molar-refractivity contribution in [3.63, 3.8) is 0 Å². The summed E-state index contributed by atoms with van der Waals surface area (Å²) >= 11 is 0. The molecule has 3 heteroatoms. The van der Waals surface area contributed by atoms with E-state index < -0.39 is 0 Å². The molecular formula is C8H11N3. The Morgan fingerprint density at radius 3 is 3.18 bits per heavy atom. The molecule has 0 amide bonds. The maximum atomic E-state index is 4.06. The van der Waals surface area contributed by atoms with Crippen molar-refractivity contribution in [1.29, 1.82) is 0 Å². The van der Waals surface area contributed by atoms with Crippen LogP contribution in [0.2, 0.25) is 0 Å². The highest BCUT2D eigenvalue weighted by Gasteiger charge is 2.14. The van der Waals surface area contributed by atoms with Gasteiger partial charge in [0.05, 0.1) is 0 Å². The minimum Gasteiger partial charge on any atom is -0.303 e. The first kappa shape index (κ1) is 6.76. The van der Waals surface area contributed by atoms with E-state index in [0.29, 0.717) is 6.04 Å². The lowest BCUT2D eigenvalue weighted by Crippen LogP contribution is -2.14. The molecule has 0 saturated carbocycles. The summed E-state index contributed by atoms with van der Waals surface area (Å²) in [6, 6.07) is 4.51. The van der Waals surface area contributed by atoms with Gasteiger partial charge >= 0.3 is 0 Å². The zero-order valence-corrected chi connectivity index (χ0v) is 6.25. The van der Waals surface area contributed by atoms with E-state index in [1.165, 1.54) is 5.56 Å². The van der Waals surface area contributed by atoms with Crippen LogP contribution in [0.4, 0.5) is 0 Å². The van der Waals surface area contributed by atoms with Gasteiger partial charge in [-0.2, -0.15) is 0 Å². The van der Waals surface area contributed by atoms with Crippen LogP contribution in [0.5, 0.6) is 0 Å². The van der Waals surface area contributed by atoms with Gasteiger partial charge in [0.25, 0.3) is 0 Å². The van der Waals surface area contributed by atoms with Crippen molar-refractivity contribution < 1.29 is 0 Å². The van der Waals surface area contributed by atoms with Crippen LogP contribution in [0.25, 0.3) is 0 Å². The Kier molecular flexibility index (Phi) is 1.83. The van der Waals surface area contributed by atoms with Crippen LogP contribution in [0.1, 0.15) is 11.6 Å². The zero-order chi connectivity index (χ0) is 7.52. The predicted molar refractivity (Wildman–Crippen MR) is 43.0 cm³/mol. The Morgan fingerprint density at radius 1 is 1.55 bits per heavy atom. The van der Waals surface area contributed by atoms with Gasteiger partial charge in [0.15, 0.2) is 0 Å². The van der Waals surface area contributed by atoms with Gasteiger partial charge in [-0.3, -0.25) is 10.3 Å². The highest BCUT2D eigenvalue weighted by Crippen LogP contribution is 2.11. The second-order valence-electron chi connectivity index (χ2n) is 2.67. The molecule has 1 unspecified atom stereocenters. The van der Waals surface area contributed by atoms with Crippen molar-refractivity contribution in [2.45, 2.75) is 6.04 Å². The topological polar surface area (TPSA) is 37.0 Å². The molecule has 1 aliphatic rings. The Morgan fingerprint density at radius 2 is 2.55 bits per heavy atom. The molecule has 0 spiro atoms. The monoisotopic (exact) mass is 149 g/mol. The summed E-state index contributed by atoms with van der Waals surface area (Å²) in [6.07, 6.45) is 3.70. The van der Waals surface area contributed by atoms with Gasteiger partial charge in [-0.05, 0) is 11.6 Å². The molecule has 1 aliphatic heterocycles. The molecule has 2 heterocycles. The van der Waals surface area contributed by atoms with Crippen LogP contribution >= 0.6 is 0 Å². The molecule has 1 saturated heterocycles. The lowest BCUT2D eigenvalue weighted by Gasteiger charge is -2.07. The van der Waals surface area contributed by atoms with Gasteiger partial charge in [-0.25, -0.2) is 0 Å². The van der Waals surface area contributed by atoms with Crippen molar-refractivity contribution >= 4 is 0 Å². The average Bonchev–Trinajstić information content (AvgIpc) is 2.58. The minimum atomic E-state index is 0.448. The van der Waals surface area contributed by atoms with Crippen molar-refractivity contribution in [1.82, 2.24) is 15.6 Å². The first-order valence-corrected chi connectivity index (χ1v) is 3.81. The molecule has 0 radical (unpaired) electrons. The van der Waals surface area contributed by atoms with Crippen LogP contribution in [0.15, 0.2) is 24.5 Å². The average molecular weight is 149 g/mol. The first-order chi connectivity index (χ1) is 5.47. The number of aromatic nitrogens is 1. The van der Waals surface area contributed by atoms with Crippen molar-refractivity contribution in [2.75, 3.05) is 13.2 Å². The fraction of sp³-hybridized carbons (Fsp3) is 0.375. The van der Waals surface area contributed by atoms with Gasteiger partial charge in [0, 0.05) is 31.6 Å². The number of hydrogen-bond acceptors (Lipinski definition) is 3. The Hall–Kier alpha value is -0.930. The third kappa shape index (κ3) is 1.39. The molecule has 3 nitrogen and oxygen atoms in total. The van der Waals surface area contributed by atoms with Crippen LogP contribution in [-0.4, -0.2) is 18.2 Å². The minimum absolute atomic E-state index is 0.448. The molecule has 2 N–H and O–H groups in total. The van der Waals surface area contributed by atoms with E-state index in [1.54, 1.807) is 6.20 Å². The van der Waals surface area contributed by atoms with Crippen LogP contribution in [-0.2, 0) is 0 Å². The number of nitrogens with zero attached hydrogens (tertiary/aromatic N) is 1. The fourth-order valence-corrected chi connectivity index (χ4v) is 1.30. The Labute approximate surface area is 65.8 Å². The van der Waals surface area contributed by atoms with Crippen molar-refractivity contribution in [3.05, 3.63) is 30.1 Å². The third-order valence-corrected chi connectivity index (χ3v) is 1.91. The van der Waals surface area contributed by atoms with E-state index in [0.717, 1.165) is 13.2 Å². The van der Waals surface area contributed by atoms with Gasteiger partial charge in [-0.15, -0.1) is 0 Å².